The summed E-state index contributed by atoms with van der Waals surface area (Å²) in [7, 11) is 0. The number of non-ortho nitro benzene ring substituents is 2. The van der Waals surface area contributed by atoms with Gasteiger partial charge >= 0.3 is 0 Å². The molecule has 3 aromatic rings. The van der Waals surface area contributed by atoms with Crippen molar-refractivity contribution in [1.29, 1.82) is 0 Å². The summed E-state index contributed by atoms with van der Waals surface area (Å²) in [4.78, 5) is 32.4. The molecular weight excluding hydrogens is 388 g/mol. The summed E-state index contributed by atoms with van der Waals surface area (Å²) >= 11 is 1.18. The summed E-state index contributed by atoms with van der Waals surface area (Å²) in [5.41, 5.74) is 5.45. The van der Waals surface area contributed by atoms with Gasteiger partial charge in [-0.05, 0) is 6.92 Å². The maximum Gasteiger partial charge on any atom is 0.277 e. The Morgan fingerprint density at radius 2 is 1.61 bits per heavy atom. The smallest absolute Gasteiger partial charge is 0.271 e. The van der Waals surface area contributed by atoms with Gasteiger partial charge in [0, 0.05) is 17.7 Å². The second-order valence-electron chi connectivity index (χ2n) is 5.61. The first kappa shape index (κ1) is 18.8. The summed E-state index contributed by atoms with van der Waals surface area (Å²) in [6.07, 6.45) is 0. The molecule has 0 aliphatic rings. The number of carbonyl (C=O) groups is 1. The SMILES string of the molecule is Cc1ccc(-c2nnc(NNC(=O)c3cc([N+](=O)[O-])cc([N+](=O)[O-])c3)s2)cc1. The van der Waals surface area contributed by atoms with Gasteiger partial charge in [0.2, 0.25) is 5.13 Å². The first-order chi connectivity index (χ1) is 13.3. The van der Waals surface area contributed by atoms with E-state index in [-0.39, 0.29) is 10.7 Å². The van der Waals surface area contributed by atoms with E-state index in [1.807, 2.05) is 31.2 Å². The lowest BCUT2D eigenvalue weighted by Gasteiger charge is -2.05. The van der Waals surface area contributed by atoms with Crippen LogP contribution in [0.25, 0.3) is 10.6 Å². The third-order valence-electron chi connectivity index (χ3n) is 3.59. The molecule has 12 heteroatoms. The number of rotatable bonds is 6. The number of amides is 1. The van der Waals surface area contributed by atoms with Crippen molar-refractivity contribution < 1.29 is 14.6 Å². The Morgan fingerprint density at radius 1 is 1.00 bits per heavy atom. The van der Waals surface area contributed by atoms with Gasteiger partial charge in [-0.2, -0.15) is 0 Å². The van der Waals surface area contributed by atoms with Crippen LogP contribution in [-0.4, -0.2) is 26.0 Å². The van der Waals surface area contributed by atoms with Crippen LogP contribution in [0.1, 0.15) is 15.9 Å². The predicted molar refractivity (Wildman–Crippen MR) is 101 cm³/mol. The number of anilines is 1. The number of nitrogens with one attached hydrogen (secondary N) is 2. The Balaban J connectivity index is 1.73. The zero-order valence-electron chi connectivity index (χ0n) is 14.3. The van der Waals surface area contributed by atoms with E-state index < -0.39 is 27.1 Å². The van der Waals surface area contributed by atoms with Gasteiger partial charge < -0.3 is 0 Å². The quantitative estimate of drug-likeness (QED) is 0.473. The molecule has 1 heterocycles. The molecule has 0 saturated heterocycles. The van der Waals surface area contributed by atoms with E-state index in [4.69, 9.17) is 0 Å². The van der Waals surface area contributed by atoms with E-state index in [0.717, 1.165) is 29.3 Å². The fraction of sp³-hybridized carbons (Fsp3) is 0.0625. The second kappa shape index (κ2) is 7.75. The highest BCUT2D eigenvalue weighted by Crippen LogP contribution is 2.26. The largest absolute Gasteiger partial charge is 0.277 e. The molecule has 1 amide bonds. The lowest BCUT2D eigenvalue weighted by molar-refractivity contribution is -0.394. The Kier molecular flexibility index (Phi) is 5.22. The standard InChI is InChI=1S/C16H12N6O5S/c1-9-2-4-10(5-3-9)15-18-20-16(28-15)19-17-14(23)11-6-12(21(24)25)8-13(7-11)22(26)27/h2-8H,1H3,(H,17,23)(H,19,20). The molecular formula is C16H12N6O5S. The number of aryl methyl sites for hydroxylation is 1. The number of hydrogen-bond acceptors (Lipinski definition) is 9. The molecule has 11 nitrogen and oxygen atoms in total. The van der Waals surface area contributed by atoms with Crippen molar-refractivity contribution in [3.63, 3.8) is 0 Å². The van der Waals surface area contributed by atoms with Gasteiger partial charge in [0.1, 0.15) is 5.01 Å². The molecule has 2 N–H and O–H groups in total. The lowest BCUT2D eigenvalue weighted by Crippen LogP contribution is -2.29. The maximum atomic E-state index is 12.2. The van der Waals surface area contributed by atoms with Crippen molar-refractivity contribution in [1.82, 2.24) is 15.6 Å². The minimum Gasteiger partial charge on any atom is -0.271 e. The van der Waals surface area contributed by atoms with E-state index >= 15 is 0 Å². The van der Waals surface area contributed by atoms with Crippen LogP contribution in [0.2, 0.25) is 0 Å². The number of nitro benzene ring substituents is 2. The number of nitro groups is 2. The van der Waals surface area contributed by atoms with Crippen LogP contribution >= 0.6 is 11.3 Å². The zero-order chi connectivity index (χ0) is 20.3. The molecule has 0 radical (unpaired) electrons. The molecule has 2 aromatic carbocycles. The fourth-order valence-electron chi connectivity index (χ4n) is 2.21. The Morgan fingerprint density at radius 3 is 2.18 bits per heavy atom. The van der Waals surface area contributed by atoms with Crippen LogP contribution in [-0.2, 0) is 0 Å². The maximum absolute atomic E-state index is 12.2. The molecule has 0 bridgehead atoms. The van der Waals surface area contributed by atoms with Crippen molar-refractivity contribution in [2.45, 2.75) is 6.92 Å². The predicted octanol–water partition coefficient (Wildman–Crippen LogP) is 3.09. The fourth-order valence-corrected chi connectivity index (χ4v) is 2.91. The number of carbonyl (C=O) groups excluding carboxylic acids is 1. The average Bonchev–Trinajstić information content (AvgIpc) is 3.15. The molecule has 1 aromatic heterocycles. The number of hydrazine groups is 1. The minimum atomic E-state index is -0.810. The molecule has 0 saturated carbocycles. The molecule has 0 spiro atoms. The van der Waals surface area contributed by atoms with Crippen molar-refractivity contribution >= 4 is 33.8 Å². The van der Waals surface area contributed by atoms with E-state index in [1.54, 1.807) is 0 Å². The topological polar surface area (TPSA) is 153 Å². The van der Waals surface area contributed by atoms with Crippen LogP contribution in [0.5, 0.6) is 0 Å². The lowest BCUT2D eigenvalue weighted by atomic mass is 10.1. The summed E-state index contributed by atoms with van der Waals surface area (Å²) in [6, 6.07) is 10.3. The van der Waals surface area contributed by atoms with Crippen molar-refractivity contribution in [2.24, 2.45) is 0 Å². The second-order valence-corrected chi connectivity index (χ2v) is 6.59. The molecule has 142 valence electrons. The summed E-state index contributed by atoms with van der Waals surface area (Å²) in [6.45, 7) is 1.96. The van der Waals surface area contributed by atoms with Crippen LogP contribution in [0, 0.1) is 27.2 Å². The summed E-state index contributed by atoms with van der Waals surface area (Å²) in [5.74, 6) is -0.793. The van der Waals surface area contributed by atoms with Crippen LogP contribution in [0.3, 0.4) is 0 Å². The van der Waals surface area contributed by atoms with Crippen molar-refractivity contribution in [3.8, 4) is 10.6 Å². The van der Waals surface area contributed by atoms with Gasteiger partial charge in [-0.1, -0.05) is 41.2 Å². The number of nitrogens with zero attached hydrogens (tertiary/aromatic N) is 4. The Bertz CT molecular complexity index is 1030. The minimum absolute atomic E-state index is 0.239. The molecule has 0 aliphatic heterocycles. The van der Waals surface area contributed by atoms with Gasteiger partial charge in [0.25, 0.3) is 17.3 Å². The van der Waals surface area contributed by atoms with Gasteiger partial charge in [-0.15, -0.1) is 10.2 Å². The number of benzene rings is 2. The van der Waals surface area contributed by atoms with E-state index in [9.17, 15) is 25.0 Å². The summed E-state index contributed by atoms with van der Waals surface area (Å²) < 4.78 is 0. The molecule has 3 rings (SSSR count). The van der Waals surface area contributed by atoms with E-state index in [0.29, 0.717) is 5.01 Å². The van der Waals surface area contributed by atoms with Gasteiger partial charge in [0.05, 0.1) is 21.5 Å². The molecule has 28 heavy (non-hydrogen) atoms. The van der Waals surface area contributed by atoms with Crippen LogP contribution in [0.4, 0.5) is 16.5 Å². The third kappa shape index (κ3) is 4.24. The van der Waals surface area contributed by atoms with Gasteiger partial charge in [-0.3, -0.25) is 35.9 Å². The van der Waals surface area contributed by atoms with E-state index in [2.05, 4.69) is 21.0 Å². The highest BCUT2D eigenvalue weighted by atomic mass is 32.1. The number of aromatic nitrogens is 2. The Labute approximate surface area is 161 Å². The zero-order valence-corrected chi connectivity index (χ0v) is 15.1. The molecule has 0 fully saturated rings. The van der Waals surface area contributed by atoms with Crippen LogP contribution in [0.15, 0.2) is 42.5 Å². The molecule has 0 aliphatic carbocycles. The molecule has 0 unspecified atom stereocenters. The van der Waals surface area contributed by atoms with Crippen LogP contribution < -0.4 is 10.9 Å². The van der Waals surface area contributed by atoms with Crippen molar-refractivity contribution in [3.05, 3.63) is 73.8 Å². The average molecular weight is 400 g/mol. The first-order valence-corrected chi connectivity index (χ1v) is 8.56. The first-order valence-electron chi connectivity index (χ1n) is 7.74. The summed E-state index contributed by atoms with van der Waals surface area (Å²) in [5, 5.41) is 30.6. The highest BCUT2D eigenvalue weighted by Gasteiger charge is 2.20. The molecule has 0 atom stereocenters. The monoisotopic (exact) mass is 400 g/mol. The van der Waals surface area contributed by atoms with Gasteiger partial charge in [0.15, 0.2) is 0 Å². The highest BCUT2D eigenvalue weighted by molar-refractivity contribution is 7.18. The van der Waals surface area contributed by atoms with Crippen molar-refractivity contribution in [2.75, 3.05) is 5.43 Å². The van der Waals surface area contributed by atoms with Gasteiger partial charge in [-0.25, -0.2) is 0 Å². The van der Waals surface area contributed by atoms with E-state index in [1.165, 1.54) is 11.3 Å². The normalized spacial score (nSPS) is 10.3. The third-order valence-corrected chi connectivity index (χ3v) is 4.48. The number of hydrogen-bond donors (Lipinski definition) is 2. The Hall–Kier alpha value is -3.93.